The Morgan fingerprint density at radius 1 is 1.44 bits per heavy atom. The third kappa shape index (κ3) is 2.56. The van der Waals surface area contributed by atoms with Crippen LogP contribution in [0.5, 0.6) is 0 Å². The maximum absolute atomic E-state index is 11.1. The van der Waals surface area contributed by atoms with Crippen molar-refractivity contribution in [1.82, 2.24) is 0 Å². The monoisotopic (exact) mass is 239 g/mol. The third-order valence-corrected chi connectivity index (χ3v) is 3.25. The largest absolute Gasteiger partial charge is 0.368 e. The molecule has 0 aliphatic rings. The van der Waals surface area contributed by atoms with Crippen molar-refractivity contribution >= 4 is 23.6 Å². The Hall–Kier alpha value is -1.02. The van der Waals surface area contributed by atoms with Crippen LogP contribution >= 0.6 is 11.6 Å². The van der Waals surface area contributed by atoms with Gasteiger partial charge in [0.2, 0.25) is 0 Å². The van der Waals surface area contributed by atoms with E-state index in [2.05, 4.69) is 25.7 Å². The van der Waals surface area contributed by atoms with Gasteiger partial charge in [0.05, 0.1) is 10.6 Å². The Bertz CT molecular complexity index is 365. The molecule has 3 heteroatoms. The average Bonchev–Trinajstić information content (AvgIpc) is 2.30. The zero-order valence-corrected chi connectivity index (χ0v) is 10.8. The molecule has 0 heterocycles. The van der Waals surface area contributed by atoms with Crippen molar-refractivity contribution < 1.29 is 4.79 Å². The summed E-state index contributed by atoms with van der Waals surface area (Å²) in [4.78, 5) is 13.3. The maximum Gasteiger partial charge on any atom is 0.153 e. The highest BCUT2D eigenvalue weighted by atomic mass is 35.5. The van der Waals surface area contributed by atoms with Crippen molar-refractivity contribution in [3.05, 3.63) is 28.8 Å². The van der Waals surface area contributed by atoms with Gasteiger partial charge in [-0.15, -0.1) is 0 Å². The molecule has 0 spiro atoms. The fourth-order valence-corrected chi connectivity index (χ4v) is 2.05. The molecule has 1 rings (SSSR count). The fraction of sp³-hybridized carbons (Fsp3) is 0.462. The summed E-state index contributed by atoms with van der Waals surface area (Å²) >= 11 is 6.02. The maximum atomic E-state index is 11.1. The van der Waals surface area contributed by atoms with Crippen molar-refractivity contribution in [3.63, 3.8) is 0 Å². The lowest BCUT2D eigenvalue weighted by molar-refractivity contribution is 0.112. The van der Waals surface area contributed by atoms with Crippen LogP contribution in [0.2, 0.25) is 5.02 Å². The Balaban J connectivity index is 3.19. The van der Waals surface area contributed by atoms with Gasteiger partial charge in [-0.25, -0.2) is 0 Å². The van der Waals surface area contributed by atoms with Crippen LogP contribution in [0.4, 0.5) is 5.69 Å². The minimum absolute atomic E-state index is 0.405. The van der Waals surface area contributed by atoms with Crippen LogP contribution in [0.1, 0.15) is 37.6 Å². The molecule has 16 heavy (non-hydrogen) atoms. The molecule has 0 fully saturated rings. The van der Waals surface area contributed by atoms with Gasteiger partial charge in [-0.3, -0.25) is 4.79 Å². The normalized spacial score (nSPS) is 12.2. The molecule has 1 aromatic carbocycles. The zero-order valence-electron chi connectivity index (χ0n) is 10.0. The highest BCUT2D eigenvalue weighted by molar-refractivity contribution is 6.33. The summed E-state index contributed by atoms with van der Waals surface area (Å²) in [6.45, 7) is 7.25. The quantitative estimate of drug-likeness (QED) is 0.729. The Morgan fingerprint density at radius 2 is 2.12 bits per heavy atom. The Kier molecular flexibility index (Phi) is 4.81. The predicted molar refractivity (Wildman–Crippen MR) is 69.6 cm³/mol. The molecule has 0 aliphatic heterocycles. The molecule has 88 valence electrons. The van der Waals surface area contributed by atoms with Gasteiger partial charge < -0.3 is 4.90 Å². The lowest BCUT2D eigenvalue weighted by atomic mass is 10.1. The third-order valence-electron chi connectivity index (χ3n) is 2.92. The molecule has 1 atom stereocenters. The van der Waals surface area contributed by atoms with E-state index in [1.165, 1.54) is 0 Å². The second-order valence-corrected chi connectivity index (χ2v) is 4.24. The van der Waals surface area contributed by atoms with Gasteiger partial charge in [-0.05, 0) is 32.4 Å². The van der Waals surface area contributed by atoms with Gasteiger partial charge in [-0.2, -0.15) is 0 Å². The summed E-state index contributed by atoms with van der Waals surface area (Å²) in [6.07, 6.45) is 1.88. The Morgan fingerprint density at radius 3 is 2.62 bits per heavy atom. The first kappa shape index (κ1) is 13.0. The second-order valence-electron chi connectivity index (χ2n) is 3.83. The topological polar surface area (TPSA) is 20.3 Å². The first-order valence-corrected chi connectivity index (χ1v) is 6.03. The van der Waals surface area contributed by atoms with Gasteiger partial charge in [-0.1, -0.05) is 24.6 Å². The van der Waals surface area contributed by atoms with Crippen molar-refractivity contribution in [3.8, 4) is 0 Å². The summed E-state index contributed by atoms with van der Waals surface area (Å²) in [5, 5.41) is 0.522. The van der Waals surface area contributed by atoms with E-state index in [1.54, 1.807) is 6.07 Å². The number of benzene rings is 1. The first-order valence-electron chi connectivity index (χ1n) is 5.66. The number of anilines is 1. The minimum atomic E-state index is 0.405. The number of rotatable bonds is 5. The van der Waals surface area contributed by atoms with E-state index in [9.17, 15) is 4.79 Å². The molecule has 0 N–H and O–H groups in total. The van der Waals surface area contributed by atoms with Gasteiger partial charge in [0.15, 0.2) is 6.29 Å². The van der Waals surface area contributed by atoms with Gasteiger partial charge in [0.1, 0.15) is 0 Å². The fourth-order valence-electron chi connectivity index (χ4n) is 1.83. The van der Waals surface area contributed by atoms with Crippen molar-refractivity contribution in [2.75, 3.05) is 11.4 Å². The van der Waals surface area contributed by atoms with Crippen molar-refractivity contribution in [2.24, 2.45) is 0 Å². The van der Waals surface area contributed by atoms with E-state index in [-0.39, 0.29) is 0 Å². The van der Waals surface area contributed by atoms with E-state index in [0.29, 0.717) is 16.6 Å². The van der Waals surface area contributed by atoms with Crippen LogP contribution in [-0.2, 0) is 0 Å². The van der Waals surface area contributed by atoms with E-state index in [4.69, 9.17) is 11.6 Å². The van der Waals surface area contributed by atoms with Gasteiger partial charge >= 0.3 is 0 Å². The molecule has 1 unspecified atom stereocenters. The second kappa shape index (κ2) is 5.90. The number of halogens is 1. The molecule has 0 aliphatic carbocycles. The summed E-state index contributed by atoms with van der Waals surface area (Å²) in [5.41, 5.74) is 1.52. The number of hydrogen-bond acceptors (Lipinski definition) is 2. The van der Waals surface area contributed by atoms with Gasteiger partial charge in [0.25, 0.3) is 0 Å². The molecule has 0 saturated heterocycles. The lowest BCUT2D eigenvalue weighted by Gasteiger charge is -2.30. The lowest BCUT2D eigenvalue weighted by Crippen LogP contribution is -2.33. The smallest absolute Gasteiger partial charge is 0.153 e. The highest BCUT2D eigenvalue weighted by Crippen LogP contribution is 2.27. The summed E-state index contributed by atoms with van der Waals surface area (Å²) in [5.74, 6) is 0. The predicted octanol–water partition coefficient (Wildman–Crippen LogP) is 3.78. The van der Waals surface area contributed by atoms with E-state index < -0.39 is 0 Å². The number of carbonyl (C=O) groups is 1. The summed E-state index contributed by atoms with van der Waals surface area (Å²) in [6, 6.07) is 5.99. The van der Waals surface area contributed by atoms with E-state index in [0.717, 1.165) is 24.9 Å². The molecule has 0 saturated carbocycles. The summed E-state index contributed by atoms with van der Waals surface area (Å²) < 4.78 is 0. The molecule has 0 radical (unpaired) electrons. The molecule has 1 aromatic rings. The number of carbonyl (C=O) groups excluding carboxylic acids is 1. The minimum Gasteiger partial charge on any atom is -0.368 e. The molecular formula is C13H18ClNO. The average molecular weight is 240 g/mol. The highest BCUT2D eigenvalue weighted by Gasteiger charge is 2.15. The van der Waals surface area contributed by atoms with Gasteiger partial charge in [0, 0.05) is 18.3 Å². The van der Waals surface area contributed by atoms with Crippen LogP contribution in [0, 0.1) is 0 Å². The molecule has 0 bridgehead atoms. The molecular weight excluding hydrogens is 222 g/mol. The molecule has 0 amide bonds. The van der Waals surface area contributed by atoms with Crippen LogP contribution in [0.25, 0.3) is 0 Å². The standard InChI is InChI=1S/C13H18ClNO/c1-4-10(3)15(5-2)13-8-6-7-12(14)11(13)9-16/h6-10H,4-5H2,1-3H3. The Labute approximate surface area is 102 Å². The molecule has 2 nitrogen and oxygen atoms in total. The zero-order chi connectivity index (χ0) is 12.1. The number of hydrogen-bond donors (Lipinski definition) is 0. The van der Waals surface area contributed by atoms with Crippen molar-refractivity contribution in [1.29, 1.82) is 0 Å². The van der Waals surface area contributed by atoms with E-state index in [1.807, 2.05) is 12.1 Å². The van der Waals surface area contributed by atoms with Crippen LogP contribution in [0.3, 0.4) is 0 Å². The van der Waals surface area contributed by atoms with Crippen molar-refractivity contribution in [2.45, 2.75) is 33.2 Å². The summed E-state index contributed by atoms with van der Waals surface area (Å²) in [7, 11) is 0. The SMILES string of the molecule is CCC(C)N(CC)c1cccc(Cl)c1C=O. The molecule has 0 aromatic heterocycles. The van der Waals surface area contributed by atoms with Crippen LogP contribution in [0.15, 0.2) is 18.2 Å². The van der Waals surface area contributed by atoms with Crippen LogP contribution in [-0.4, -0.2) is 18.9 Å². The van der Waals surface area contributed by atoms with Crippen LogP contribution < -0.4 is 4.90 Å². The van der Waals surface area contributed by atoms with E-state index >= 15 is 0 Å². The number of aldehydes is 1. The first-order chi connectivity index (χ1) is 7.65. The number of nitrogens with zero attached hydrogens (tertiary/aromatic N) is 1.